The average molecular weight is 399 g/mol. The van der Waals surface area contributed by atoms with Gasteiger partial charge in [0, 0.05) is 18.0 Å². The Labute approximate surface area is 155 Å². The van der Waals surface area contributed by atoms with E-state index in [0.717, 1.165) is 16.8 Å². The molecule has 0 radical (unpaired) electrons. The Kier molecular flexibility index (Phi) is 5.56. The van der Waals surface area contributed by atoms with Crippen LogP contribution in [0.3, 0.4) is 0 Å². The topological polar surface area (TPSA) is 104 Å². The molecule has 0 saturated carbocycles. The third-order valence-corrected chi connectivity index (χ3v) is 3.58. The minimum Gasteiger partial charge on any atom is -0.388 e. The van der Waals surface area contributed by atoms with E-state index in [4.69, 9.17) is 39.5 Å². The number of hydrogen-bond donors (Lipinski definition) is 1. The normalized spacial score (nSPS) is 12.6. The van der Waals surface area contributed by atoms with Crippen molar-refractivity contribution >= 4 is 29.4 Å². The molecule has 1 aromatic heterocycles. The molecule has 2 aromatic rings. The van der Waals surface area contributed by atoms with E-state index >= 15 is 0 Å². The number of nitrogens with two attached hydrogens (primary N) is 1. The third kappa shape index (κ3) is 4.14. The molecule has 0 aliphatic heterocycles. The van der Waals surface area contributed by atoms with Gasteiger partial charge in [0.1, 0.15) is 23.5 Å². The summed E-state index contributed by atoms with van der Waals surface area (Å²) in [6, 6.07) is 4.72. The summed E-state index contributed by atoms with van der Waals surface area (Å²) in [4.78, 5) is 3.76. The van der Waals surface area contributed by atoms with E-state index in [2.05, 4.69) is 10.1 Å². The molecular formula is C15H7Cl2F3N6. The molecule has 132 valence electrons. The summed E-state index contributed by atoms with van der Waals surface area (Å²) >= 11 is 11.8. The summed E-state index contributed by atoms with van der Waals surface area (Å²) in [6.07, 6.45) is -0.695. The molecular weight excluding hydrogens is 392 g/mol. The Bertz CT molecular complexity index is 969. The van der Waals surface area contributed by atoms with Gasteiger partial charge in [0.2, 0.25) is 0 Å². The smallest absolute Gasteiger partial charge is 0.388 e. The largest absolute Gasteiger partial charge is 0.416 e. The molecule has 0 aliphatic carbocycles. The van der Waals surface area contributed by atoms with E-state index in [-0.39, 0.29) is 27.1 Å². The molecule has 0 unspecified atom stereocenters. The summed E-state index contributed by atoms with van der Waals surface area (Å²) in [6.45, 7) is 0. The second kappa shape index (κ2) is 7.48. The predicted octanol–water partition coefficient (Wildman–Crippen LogP) is 3.83. The number of allylic oxidation sites excluding steroid dienone is 2. The fraction of sp³-hybridized carbons (Fsp3) is 0.0667. The zero-order valence-corrected chi connectivity index (χ0v) is 14.1. The fourth-order valence-corrected chi connectivity index (χ4v) is 2.48. The number of aliphatic imine (C=N–C) groups is 1. The Morgan fingerprint density at radius 2 is 1.85 bits per heavy atom. The van der Waals surface area contributed by atoms with Crippen LogP contribution in [0.1, 0.15) is 11.1 Å². The summed E-state index contributed by atoms with van der Waals surface area (Å²) in [7, 11) is 0. The van der Waals surface area contributed by atoms with Crippen LogP contribution in [0.15, 0.2) is 40.9 Å². The van der Waals surface area contributed by atoms with Crippen molar-refractivity contribution in [2.75, 3.05) is 0 Å². The molecule has 1 aromatic carbocycles. The van der Waals surface area contributed by atoms with Crippen LogP contribution in [0, 0.1) is 22.7 Å². The van der Waals surface area contributed by atoms with Gasteiger partial charge in [-0.3, -0.25) is 0 Å². The van der Waals surface area contributed by atoms with Crippen LogP contribution in [0.2, 0.25) is 10.0 Å². The molecule has 26 heavy (non-hydrogen) atoms. The van der Waals surface area contributed by atoms with Crippen LogP contribution in [-0.2, 0) is 6.18 Å². The van der Waals surface area contributed by atoms with Crippen molar-refractivity contribution in [3.8, 4) is 17.8 Å². The standard InChI is InChI=1S/C15H7Cl2F3N6/c16-10-1-9(15(18,19)20)2-11(17)14(10)26-7-8(6-25-26)5-24-13(4-22)12(23)3-21/h1-2,5-7H,23H2. The number of hydrogen-bond acceptors (Lipinski definition) is 5. The number of rotatable bonds is 3. The van der Waals surface area contributed by atoms with Gasteiger partial charge in [-0.2, -0.15) is 28.8 Å². The number of aromatic nitrogens is 2. The van der Waals surface area contributed by atoms with Crippen molar-refractivity contribution in [1.29, 1.82) is 10.5 Å². The van der Waals surface area contributed by atoms with E-state index in [9.17, 15) is 13.2 Å². The number of nitrogens with zero attached hydrogens (tertiary/aromatic N) is 5. The van der Waals surface area contributed by atoms with Crippen molar-refractivity contribution in [3.63, 3.8) is 0 Å². The second-order valence-electron chi connectivity index (χ2n) is 4.75. The van der Waals surface area contributed by atoms with E-state index < -0.39 is 11.7 Å². The summed E-state index contributed by atoms with van der Waals surface area (Å²) in [5.74, 6) is 0. The summed E-state index contributed by atoms with van der Waals surface area (Å²) in [5, 5.41) is 21.0. The van der Waals surface area contributed by atoms with Gasteiger partial charge in [-0.05, 0) is 12.1 Å². The van der Waals surface area contributed by atoms with Gasteiger partial charge in [-0.1, -0.05) is 23.2 Å². The first-order chi connectivity index (χ1) is 12.2. The maximum Gasteiger partial charge on any atom is 0.416 e. The lowest BCUT2D eigenvalue weighted by atomic mass is 10.2. The lowest BCUT2D eigenvalue weighted by Gasteiger charge is -2.12. The third-order valence-electron chi connectivity index (χ3n) is 3.00. The molecule has 6 nitrogen and oxygen atoms in total. The zero-order chi connectivity index (χ0) is 19.5. The minimum atomic E-state index is -4.59. The van der Waals surface area contributed by atoms with E-state index in [1.54, 1.807) is 12.1 Å². The van der Waals surface area contributed by atoms with Crippen LogP contribution in [0.5, 0.6) is 0 Å². The molecule has 2 rings (SSSR count). The number of halogens is 5. The lowest BCUT2D eigenvalue weighted by molar-refractivity contribution is -0.137. The van der Waals surface area contributed by atoms with Crippen LogP contribution < -0.4 is 5.73 Å². The molecule has 0 spiro atoms. The van der Waals surface area contributed by atoms with Gasteiger partial charge in [-0.15, -0.1) is 0 Å². The van der Waals surface area contributed by atoms with Gasteiger partial charge in [0.25, 0.3) is 0 Å². The van der Waals surface area contributed by atoms with E-state index in [1.165, 1.54) is 18.6 Å². The zero-order valence-electron chi connectivity index (χ0n) is 12.6. The highest BCUT2D eigenvalue weighted by Crippen LogP contribution is 2.37. The van der Waals surface area contributed by atoms with Gasteiger partial charge >= 0.3 is 6.18 Å². The van der Waals surface area contributed by atoms with Crippen molar-refractivity contribution in [1.82, 2.24) is 9.78 Å². The molecule has 0 aliphatic rings. The molecule has 0 bridgehead atoms. The Balaban J connectivity index is 2.40. The Morgan fingerprint density at radius 3 is 2.35 bits per heavy atom. The van der Waals surface area contributed by atoms with Crippen molar-refractivity contribution < 1.29 is 13.2 Å². The monoisotopic (exact) mass is 398 g/mol. The van der Waals surface area contributed by atoms with E-state index in [1.807, 2.05) is 0 Å². The van der Waals surface area contributed by atoms with Crippen LogP contribution in [0.25, 0.3) is 5.69 Å². The molecule has 11 heteroatoms. The predicted molar refractivity (Wildman–Crippen MR) is 88.6 cm³/mol. The van der Waals surface area contributed by atoms with Gasteiger partial charge in [0.15, 0.2) is 5.70 Å². The molecule has 2 N–H and O–H groups in total. The molecule has 1 heterocycles. The molecule has 0 fully saturated rings. The summed E-state index contributed by atoms with van der Waals surface area (Å²) < 4.78 is 39.5. The second-order valence-corrected chi connectivity index (χ2v) is 5.56. The SMILES string of the molecule is N#CC(N)=C(C#N)N=Cc1cnn(-c2c(Cl)cc(C(F)(F)F)cc2Cl)c1. The Morgan fingerprint density at radius 1 is 1.23 bits per heavy atom. The highest BCUT2D eigenvalue weighted by Gasteiger charge is 2.32. The van der Waals surface area contributed by atoms with Gasteiger partial charge in [0.05, 0.1) is 21.8 Å². The maximum atomic E-state index is 12.8. The van der Waals surface area contributed by atoms with Gasteiger partial charge < -0.3 is 5.73 Å². The van der Waals surface area contributed by atoms with Gasteiger partial charge in [-0.25, -0.2) is 9.67 Å². The maximum absolute atomic E-state index is 12.8. The minimum absolute atomic E-state index is 0.0496. The first-order valence-corrected chi connectivity index (χ1v) is 7.38. The van der Waals surface area contributed by atoms with Crippen LogP contribution in [-0.4, -0.2) is 16.0 Å². The number of alkyl halides is 3. The van der Waals surface area contributed by atoms with E-state index in [0.29, 0.717) is 5.56 Å². The van der Waals surface area contributed by atoms with Crippen molar-refractivity contribution in [2.24, 2.45) is 10.7 Å². The lowest BCUT2D eigenvalue weighted by Crippen LogP contribution is -2.06. The first-order valence-electron chi connectivity index (χ1n) is 6.62. The fourth-order valence-electron chi connectivity index (χ4n) is 1.82. The van der Waals surface area contributed by atoms with Crippen molar-refractivity contribution in [3.05, 3.63) is 57.1 Å². The van der Waals surface area contributed by atoms with Crippen molar-refractivity contribution in [2.45, 2.75) is 6.18 Å². The molecule has 0 atom stereocenters. The number of benzene rings is 1. The Hall–Kier alpha value is -3.01. The van der Waals surface area contributed by atoms with Crippen LogP contribution >= 0.6 is 23.2 Å². The quantitative estimate of drug-likeness (QED) is 0.626. The highest BCUT2D eigenvalue weighted by molar-refractivity contribution is 6.37. The molecule has 0 saturated heterocycles. The van der Waals surface area contributed by atoms with Crippen LogP contribution in [0.4, 0.5) is 13.2 Å². The number of nitriles is 2. The average Bonchev–Trinajstić information content (AvgIpc) is 3.02. The summed E-state index contributed by atoms with van der Waals surface area (Å²) in [5.41, 5.74) is 4.10. The molecule has 0 amide bonds. The highest BCUT2D eigenvalue weighted by atomic mass is 35.5. The first kappa shape index (κ1) is 19.3.